The van der Waals surface area contributed by atoms with E-state index in [1.807, 2.05) is 4.72 Å². The van der Waals surface area contributed by atoms with E-state index in [-0.39, 0.29) is 6.61 Å². The molecule has 0 fully saturated rings. The number of sulfone groups is 1. The molecule has 0 aliphatic rings. The summed E-state index contributed by atoms with van der Waals surface area (Å²) in [6.07, 6.45) is 0.816. The Kier molecular flexibility index (Phi) is 5.67. The van der Waals surface area contributed by atoms with Gasteiger partial charge in [-0.25, -0.2) is 21.6 Å². The van der Waals surface area contributed by atoms with Gasteiger partial charge in [0.05, 0.1) is 19.3 Å². The summed E-state index contributed by atoms with van der Waals surface area (Å²) in [6, 6.07) is -0.832. The van der Waals surface area contributed by atoms with Crippen LogP contribution >= 0.6 is 0 Å². The molecule has 0 aromatic carbocycles. The fourth-order valence-corrected chi connectivity index (χ4v) is 4.07. The van der Waals surface area contributed by atoms with E-state index in [1.165, 1.54) is 7.11 Å². The summed E-state index contributed by atoms with van der Waals surface area (Å²) in [7, 11) is -6.23. The maximum Gasteiger partial charge on any atom is 0.226 e. The van der Waals surface area contributed by atoms with Crippen molar-refractivity contribution >= 4 is 19.9 Å². The molecule has 0 radical (unpaired) electrons. The summed E-state index contributed by atoms with van der Waals surface area (Å²) in [5.41, 5.74) is 0. The smallest absolute Gasteiger partial charge is 0.226 e. The van der Waals surface area contributed by atoms with E-state index in [2.05, 4.69) is 4.74 Å². The van der Waals surface area contributed by atoms with Gasteiger partial charge in [0.1, 0.15) is 0 Å². The highest BCUT2D eigenvalue weighted by Gasteiger charge is 2.21. The van der Waals surface area contributed by atoms with Crippen LogP contribution in [-0.4, -0.2) is 59.6 Å². The Labute approximate surface area is 89.4 Å². The van der Waals surface area contributed by atoms with E-state index in [0.29, 0.717) is 0 Å². The van der Waals surface area contributed by atoms with E-state index in [9.17, 15) is 16.8 Å². The molecule has 0 aromatic rings. The van der Waals surface area contributed by atoms with Crippen LogP contribution in [0.2, 0.25) is 0 Å². The molecule has 0 amide bonds. The highest BCUT2D eigenvalue weighted by atomic mass is 32.3. The molecule has 92 valence electrons. The summed E-state index contributed by atoms with van der Waals surface area (Å²) >= 11 is 0. The van der Waals surface area contributed by atoms with Gasteiger partial charge in [0.25, 0.3) is 0 Å². The molecule has 0 saturated carbocycles. The molecule has 0 bridgehead atoms. The Hall–Kier alpha value is -0.220. The van der Waals surface area contributed by atoms with Gasteiger partial charge in [-0.05, 0) is 0 Å². The van der Waals surface area contributed by atoms with Crippen molar-refractivity contribution in [2.45, 2.75) is 6.04 Å². The standard InChI is InChI=1S/C6H15NO6S2/c1-13-4-6(3-8)7-15(11,12)5-14(2,9)10/h6-8H,3-5H2,1-2H3. The summed E-state index contributed by atoms with van der Waals surface area (Å²) in [5.74, 6) is 0. The Bertz CT molecular complexity index is 372. The highest BCUT2D eigenvalue weighted by molar-refractivity contribution is 8.06. The van der Waals surface area contributed by atoms with Gasteiger partial charge in [-0.1, -0.05) is 0 Å². The van der Waals surface area contributed by atoms with Crippen LogP contribution in [0.5, 0.6) is 0 Å². The maximum absolute atomic E-state index is 11.2. The van der Waals surface area contributed by atoms with E-state index in [4.69, 9.17) is 5.11 Å². The normalized spacial score (nSPS) is 15.1. The minimum atomic E-state index is -3.95. The average Bonchev–Trinajstić information content (AvgIpc) is 1.98. The lowest BCUT2D eigenvalue weighted by molar-refractivity contribution is 0.139. The van der Waals surface area contributed by atoms with Crippen molar-refractivity contribution in [1.82, 2.24) is 4.72 Å². The first-order valence-corrected chi connectivity index (χ1v) is 7.69. The fraction of sp³-hybridized carbons (Fsp3) is 1.00. The molecule has 1 unspecified atom stereocenters. The number of rotatable bonds is 7. The van der Waals surface area contributed by atoms with Crippen molar-refractivity contribution in [3.05, 3.63) is 0 Å². The zero-order valence-electron chi connectivity index (χ0n) is 8.50. The molecule has 0 rings (SSSR count). The zero-order chi connectivity index (χ0) is 12.1. The zero-order valence-corrected chi connectivity index (χ0v) is 10.1. The van der Waals surface area contributed by atoms with Crippen molar-refractivity contribution in [2.24, 2.45) is 0 Å². The van der Waals surface area contributed by atoms with Crippen LogP contribution < -0.4 is 4.72 Å². The lowest BCUT2D eigenvalue weighted by Crippen LogP contribution is -2.42. The van der Waals surface area contributed by atoms with Crippen LogP contribution in [-0.2, 0) is 24.6 Å². The molecule has 2 N–H and O–H groups in total. The Balaban J connectivity index is 4.49. The molecule has 0 aromatic heterocycles. The summed E-state index contributed by atoms with van der Waals surface area (Å²) < 4.78 is 50.6. The molecule has 0 aliphatic carbocycles. The van der Waals surface area contributed by atoms with E-state index in [1.54, 1.807) is 0 Å². The molecule has 0 heterocycles. The largest absolute Gasteiger partial charge is 0.395 e. The molecular formula is C6H15NO6S2. The second-order valence-corrected chi connectivity index (χ2v) is 7.37. The molecule has 0 saturated heterocycles. The molecule has 0 aliphatic heterocycles. The van der Waals surface area contributed by atoms with Gasteiger partial charge >= 0.3 is 0 Å². The third kappa shape index (κ3) is 7.68. The van der Waals surface area contributed by atoms with Gasteiger partial charge in [0.2, 0.25) is 10.0 Å². The average molecular weight is 261 g/mol. The Morgan fingerprint density at radius 2 is 1.87 bits per heavy atom. The number of methoxy groups -OCH3 is 1. The van der Waals surface area contributed by atoms with Gasteiger partial charge in [0.15, 0.2) is 14.9 Å². The second-order valence-electron chi connectivity index (χ2n) is 3.11. The van der Waals surface area contributed by atoms with E-state index in [0.717, 1.165) is 6.26 Å². The topological polar surface area (TPSA) is 110 Å². The van der Waals surface area contributed by atoms with Crippen molar-refractivity contribution < 1.29 is 26.7 Å². The van der Waals surface area contributed by atoms with Gasteiger partial charge in [-0.15, -0.1) is 0 Å². The van der Waals surface area contributed by atoms with Crippen LogP contribution in [0.4, 0.5) is 0 Å². The Morgan fingerprint density at radius 3 is 2.20 bits per heavy atom. The summed E-state index contributed by atoms with van der Waals surface area (Å²) in [4.78, 5) is 0. The van der Waals surface area contributed by atoms with Gasteiger partial charge in [0, 0.05) is 13.4 Å². The molecule has 1 atom stereocenters. The third-order valence-electron chi connectivity index (χ3n) is 1.30. The lowest BCUT2D eigenvalue weighted by Gasteiger charge is -2.14. The van der Waals surface area contributed by atoms with Crippen molar-refractivity contribution in [3.8, 4) is 0 Å². The van der Waals surface area contributed by atoms with E-state index < -0.39 is 37.6 Å². The second kappa shape index (κ2) is 5.75. The quantitative estimate of drug-likeness (QED) is 0.544. The Morgan fingerprint density at radius 1 is 1.33 bits per heavy atom. The summed E-state index contributed by atoms with van der Waals surface area (Å²) in [5, 5.41) is 7.76. The summed E-state index contributed by atoms with van der Waals surface area (Å²) in [6.45, 7) is -0.490. The first-order chi connectivity index (χ1) is 6.70. The van der Waals surface area contributed by atoms with Crippen LogP contribution in [0, 0.1) is 0 Å². The van der Waals surface area contributed by atoms with Crippen LogP contribution in [0.3, 0.4) is 0 Å². The monoisotopic (exact) mass is 261 g/mol. The van der Waals surface area contributed by atoms with Gasteiger partial charge < -0.3 is 9.84 Å². The number of aliphatic hydroxyl groups excluding tert-OH is 1. The lowest BCUT2D eigenvalue weighted by atomic mass is 10.4. The van der Waals surface area contributed by atoms with Crippen LogP contribution in [0.15, 0.2) is 0 Å². The number of hydrogen-bond acceptors (Lipinski definition) is 6. The van der Waals surface area contributed by atoms with Crippen molar-refractivity contribution in [3.63, 3.8) is 0 Å². The minimum Gasteiger partial charge on any atom is -0.395 e. The number of hydrogen-bond donors (Lipinski definition) is 2. The predicted molar refractivity (Wildman–Crippen MR) is 54.5 cm³/mol. The molecule has 7 nitrogen and oxygen atoms in total. The number of aliphatic hydroxyl groups is 1. The minimum absolute atomic E-state index is 0.0283. The number of ether oxygens (including phenoxy) is 1. The number of nitrogens with one attached hydrogen (secondary N) is 1. The van der Waals surface area contributed by atoms with Gasteiger partial charge in [-0.2, -0.15) is 0 Å². The SMILES string of the molecule is COCC(CO)NS(=O)(=O)CS(C)(=O)=O. The van der Waals surface area contributed by atoms with E-state index >= 15 is 0 Å². The molecular weight excluding hydrogens is 246 g/mol. The van der Waals surface area contributed by atoms with Crippen molar-refractivity contribution in [1.29, 1.82) is 0 Å². The first kappa shape index (κ1) is 14.8. The van der Waals surface area contributed by atoms with Crippen LogP contribution in [0.25, 0.3) is 0 Å². The highest BCUT2D eigenvalue weighted by Crippen LogP contribution is 1.95. The van der Waals surface area contributed by atoms with Gasteiger partial charge in [-0.3, -0.25) is 0 Å². The third-order valence-corrected chi connectivity index (χ3v) is 4.95. The number of sulfonamides is 1. The molecule has 15 heavy (non-hydrogen) atoms. The van der Waals surface area contributed by atoms with Crippen molar-refractivity contribution in [2.75, 3.05) is 31.7 Å². The first-order valence-electron chi connectivity index (χ1n) is 3.97. The van der Waals surface area contributed by atoms with Crippen LogP contribution in [0.1, 0.15) is 0 Å². The predicted octanol–water partition coefficient (Wildman–Crippen LogP) is -2.08. The fourth-order valence-electron chi connectivity index (χ4n) is 0.895. The maximum atomic E-state index is 11.2. The molecule has 0 spiro atoms. The molecule has 9 heteroatoms.